The molecule has 2 nitrogen and oxygen atoms in total. The monoisotopic (exact) mass is 511 g/mol. The molecule has 2 heteroatoms. The molecule has 0 radical (unpaired) electrons. The van der Waals surface area contributed by atoms with Gasteiger partial charge < -0.3 is 9.32 Å². The van der Waals surface area contributed by atoms with Crippen molar-refractivity contribution in [1.29, 1.82) is 0 Å². The fourth-order valence-corrected chi connectivity index (χ4v) is 6.06. The first kappa shape index (κ1) is 22.6. The van der Waals surface area contributed by atoms with E-state index in [1.807, 2.05) is 0 Å². The second-order valence-corrected chi connectivity index (χ2v) is 10.1. The molecule has 0 aliphatic carbocycles. The Morgan fingerprint density at radius 1 is 0.450 bits per heavy atom. The zero-order chi connectivity index (χ0) is 26.5. The minimum atomic E-state index is 0.879. The van der Waals surface area contributed by atoms with Gasteiger partial charge in [-0.3, -0.25) is 0 Å². The van der Waals surface area contributed by atoms with Crippen molar-refractivity contribution in [2.45, 2.75) is 0 Å². The molecule has 40 heavy (non-hydrogen) atoms. The first-order chi connectivity index (χ1) is 19.9. The van der Waals surface area contributed by atoms with E-state index < -0.39 is 0 Å². The first-order valence-corrected chi connectivity index (χ1v) is 13.6. The maximum atomic E-state index is 6.68. The van der Waals surface area contributed by atoms with Crippen molar-refractivity contribution in [3.8, 4) is 11.1 Å². The highest BCUT2D eigenvalue weighted by molar-refractivity contribution is 6.23. The molecule has 0 saturated heterocycles. The van der Waals surface area contributed by atoms with Crippen LogP contribution in [0.1, 0.15) is 0 Å². The van der Waals surface area contributed by atoms with E-state index >= 15 is 0 Å². The molecule has 0 bridgehead atoms. The van der Waals surface area contributed by atoms with Crippen LogP contribution in [0.4, 0.5) is 17.1 Å². The molecule has 0 N–H and O–H groups in total. The molecule has 0 atom stereocenters. The highest BCUT2D eigenvalue weighted by atomic mass is 16.3. The number of hydrogen-bond donors (Lipinski definition) is 0. The van der Waals surface area contributed by atoms with Crippen molar-refractivity contribution in [3.63, 3.8) is 0 Å². The summed E-state index contributed by atoms with van der Waals surface area (Å²) in [5.74, 6) is 0. The number of hydrogen-bond acceptors (Lipinski definition) is 2. The molecule has 0 aliphatic rings. The van der Waals surface area contributed by atoms with E-state index in [1.54, 1.807) is 0 Å². The largest absolute Gasteiger partial charge is 0.455 e. The first-order valence-electron chi connectivity index (χ1n) is 13.6. The van der Waals surface area contributed by atoms with E-state index in [9.17, 15) is 0 Å². The van der Waals surface area contributed by atoms with Gasteiger partial charge in [-0.2, -0.15) is 0 Å². The molecule has 0 fully saturated rings. The van der Waals surface area contributed by atoms with Gasteiger partial charge in [0, 0.05) is 21.8 Å². The fraction of sp³-hybridized carbons (Fsp3) is 0. The van der Waals surface area contributed by atoms with Crippen LogP contribution in [-0.2, 0) is 0 Å². The average molecular weight is 512 g/mol. The summed E-state index contributed by atoms with van der Waals surface area (Å²) in [5.41, 5.74) is 7.53. The normalized spacial score (nSPS) is 11.5. The van der Waals surface area contributed by atoms with Gasteiger partial charge in [0.05, 0.1) is 16.8 Å². The lowest BCUT2D eigenvalue weighted by Crippen LogP contribution is -2.10. The van der Waals surface area contributed by atoms with E-state index in [1.165, 1.54) is 27.3 Å². The minimum absolute atomic E-state index is 0.879. The van der Waals surface area contributed by atoms with Crippen LogP contribution in [-0.4, -0.2) is 0 Å². The molecular formula is C38H25NO. The summed E-state index contributed by atoms with van der Waals surface area (Å²) in [7, 11) is 0. The van der Waals surface area contributed by atoms with Crippen molar-refractivity contribution in [3.05, 3.63) is 152 Å². The van der Waals surface area contributed by atoms with Gasteiger partial charge >= 0.3 is 0 Å². The van der Waals surface area contributed by atoms with Crippen LogP contribution in [0, 0.1) is 0 Å². The number of furan rings is 1. The molecule has 0 saturated carbocycles. The molecule has 8 rings (SSSR count). The van der Waals surface area contributed by atoms with Gasteiger partial charge in [-0.05, 0) is 58.3 Å². The predicted octanol–water partition coefficient (Wildman–Crippen LogP) is 11.0. The summed E-state index contributed by atoms with van der Waals surface area (Å²) in [6.45, 7) is 0. The minimum Gasteiger partial charge on any atom is -0.455 e. The third-order valence-electron chi connectivity index (χ3n) is 7.83. The maximum absolute atomic E-state index is 6.68. The van der Waals surface area contributed by atoms with Gasteiger partial charge in [-0.25, -0.2) is 0 Å². The van der Waals surface area contributed by atoms with Crippen molar-refractivity contribution in [2.24, 2.45) is 0 Å². The van der Waals surface area contributed by atoms with Gasteiger partial charge in [0.1, 0.15) is 11.2 Å². The highest BCUT2D eigenvalue weighted by Crippen LogP contribution is 2.47. The van der Waals surface area contributed by atoms with Crippen molar-refractivity contribution < 1.29 is 4.42 Å². The van der Waals surface area contributed by atoms with E-state index in [2.05, 4.69) is 157 Å². The van der Waals surface area contributed by atoms with E-state index in [-0.39, 0.29) is 0 Å². The van der Waals surface area contributed by atoms with E-state index in [0.717, 1.165) is 44.4 Å². The summed E-state index contributed by atoms with van der Waals surface area (Å²) < 4.78 is 6.68. The Balaban J connectivity index is 1.50. The van der Waals surface area contributed by atoms with Gasteiger partial charge in [-0.15, -0.1) is 0 Å². The van der Waals surface area contributed by atoms with Crippen molar-refractivity contribution >= 4 is 60.5 Å². The Labute approximate surface area is 232 Å². The molecule has 188 valence electrons. The summed E-state index contributed by atoms with van der Waals surface area (Å²) in [5, 5.41) is 6.95. The number of para-hydroxylation sites is 1. The second-order valence-electron chi connectivity index (χ2n) is 10.1. The Bertz CT molecular complexity index is 2150. The zero-order valence-corrected chi connectivity index (χ0v) is 21.8. The Kier molecular flexibility index (Phi) is 5.17. The topological polar surface area (TPSA) is 16.4 Å². The van der Waals surface area contributed by atoms with Crippen LogP contribution in [0.3, 0.4) is 0 Å². The van der Waals surface area contributed by atoms with E-state index in [4.69, 9.17) is 4.42 Å². The van der Waals surface area contributed by atoms with Crippen LogP contribution >= 0.6 is 0 Å². The Morgan fingerprint density at radius 3 is 1.90 bits per heavy atom. The molecule has 0 aliphatic heterocycles. The standard InChI is InChI=1S/C38H25NO/c1-3-13-27(14-4-1)32-25-33-37-35(23-12-24-36(37)40-38(33)31-21-10-9-20-30(31)32)39(28-17-5-2-6-18-28)34-22-11-16-26-15-7-8-19-29(26)34/h1-25H. The molecule has 0 amide bonds. The Morgan fingerprint density at radius 2 is 1.07 bits per heavy atom. The average Bonchev–Trinajstić information content (AvgIpc) is 3.42. The molecule has 0 spiro atoms. The lowest BCUT2D eigenvalue weighted by Gasteiger charge is -2.27. The molecular weight excluding hydrogens is 486 g/mol. The highest BCUT2D eigenvalue weighted by Gasteiger charge is 2.22. The molecule has 1 aromatic heterocycles. The smallest absolute Gasteiger partial charge is 0.143 e. The number of anilines is 3. The lowest BCUT2D eigenvalue weighted by molar-refractivity contribution is 0.672. The van der Waals surface area contributed by atoms with Gasteiger partial charge in [0.15, 0.2) is 0 Å². The van der Waals surface area contributed by atoms with E-state index in [0.29, 0.717) is 0 Å². The Hall–Kier alpha value is -5.34. The molecule has 7 aromatic carbocycles. The van der Waals surface area contributed by atoms with Crippen LogP contribution < -0.4 is 4.90 Å². The summed E-state index contributed by atoms with van der Waals surface area (Å²) in [6, 6.07) is 53.6. The predicted molar refractivity (Wildman–Crippen MR) is 169 cm³/mol. The third-order valence-corrected chi connectivity index (χ3v) is 7.83. The summed E-state index contributed by atoms with van der Waals surface area (Å²) in [4.78, 5) is 2.37. The van der Waals surface area contributed by atoms with Crippen LogP contribution in [0.25, 0.3) is 54.6 Å². The zero-order valence-electron chi connectivity index (χ0n) is 21.8. The second kappa shape index (κ2) is 9.14. The third kappa shape index (κ3) is 3.50. The molecule has 8 aromatic rings. The summed E-state index contributed by atoms with van der Waals surface area (Å²) >= 11 is 0. The summed E-state index contributed by atoms with van der Waals surface area (Å²) in [6.07, 6.45) is 0. The lowest BCUT2D eigenvalue weighted by atomic mass is 9.95. The van der Waals surface area contributed by atoms with Gasteiger partial charge in [0.2, 0.25) is 0 Å². The number of fused-ring (bicyclic) bond motifs is 6. The van der Waals surface area contributed by atoms with Crippen molar-refractivity contribution in [1.82, 2.24) is 0 Å². The van der Waals surface area contributed by atoms with Gasteiger partial charge in [0.25, 0.3) is 0 Å². The quantitative estimate of drug-likeness (QED) is 0.234. The number of rotatable bonds is 4. The van der Waals surface area contributed by atoms with Crippen LogP contribution in [0.2, 0.25) is 0 Å². The maximum Gasteiger partial charge on any atom is 0.143 e. The van der Waals surface area contributed by atoms with Crippen molar-refractivity contribution in [2.75, 3.05) is 4.90 Å². The SMILES string of the molecule is c1ccc(-c2cc3c(oc4cccc(N(c5ccccc5)c5cccc6ccccc56)c43)c3ccccc23)cc1. The molecule has 0 unspecified atom stereocenters. The van der Waals surface area contributed by atoms with Crippen LogP contribution in [0.5, 0.6) is 0 Å². The number of benzene rings is 7. The number of nitrogens with zero attached hydrogens (tertiary/aromatic N) is 1. The fourth-order valence-electron chi connectivity index (χ4n) is 6.06. The van der Waals surface area contributed by atoms with Crippen LogP contribution in [0.15, 0.2) is 156 Å². The molecule has 1 heterocycles. The van der Waals surface area contributed by atoms with Gasteiger partial charge in [-0.1, -0.05) is 115 Å².